The highest BCUT2D eigenvalue weighted by Gasteiger charge is 2.13. The van der Waals surface area contributed by atoms with E-state index in [-0.39, 0.29) is 5.91 Å². The maximum absolute atomic E-state index is 12.2. The highest BCUT2D eigenvalue weighted by atomic mass is 16.3. The van der Waals surface area contributed by atoms with Crippen LogP contribution in [0.5, 0.6) is 0 Å². The lowest BCUT2D eigenvalue weighted by molar-refractivity contribution is 0.0953. The molecule has 2 aromatic heterocycles. The van der Waals surface area contributed by atoms with E-state index >= 15 is 0 Å². The fourth-order valence-corrected chi connectivity index (χ4v) is 2.97. The Morgan fingerprint density at radius 1 is 1.12 bits per heavy atom. The third kappa shape index (κ3) is 3.40. The molecule has 128 valence electrons. The van der Waals surface area contributed by atoms with Crippen LogP contribution in [0.2, 0.25) is 0 Å². The Kier molecular flexibility index (Phi) is 4.57. The van der Waals surface area contributed by atoms with Crippen LogP contribution >= 0.6 is 0 Å². The molecule has 5 heteroatoms. The highest BCUT2D eigenvalue weighted by molar-refractivity contribution is 5.96. The van der Waals surface area contributed by atoms with Crippen LogP contribution in [0, 0.1) is 27.7 Å². The Hall–Kier alpha value is -3.08. The number of carbonyl (C=O) groups excluding carboxylic acids is 1. The van der Waals surface area contributed by atoms with E-state index in [1.807, 2.05) is 45.0 Å². The molecule has 0 spiro atoms. The normalized spacial score (nSPS) is 11.2. The summed E-state index contributed by atoms with van der Waals surface area (Å²) in [5, 5.41) is 4.10. The molecule has 5 nitrogen and oxygen atoms in total. The lowest BCUT2D eigenvalue weighted by Gasteiger charge is -2.08. The Balaban J connectivity index is 1.79. The van der Waals surface area contributed by atoms with E-state index in [0.717, 1.165) is 22.6 Å². The van der Waals surface area contributed by atoms with E-state index in [0.29, 0.717) is 17.1 Å². The number of furan rings is 1. The zero-order valence-electron chi connectivity index (χ0n) is 14.8. The van der Waals surface area contributed by atoms with E-state index in [9.17, 15) is 4.79 Å². The Morgan fingerprint density at radius 3 is 2.48 bits per heavy atom. The van der Waals surface area contributed by atoms with Gasteiger partial charge in [-0.25, -0.2) is 5.43 Å². The van der Waals surface area contributed by atoms with Gasteiger partial charge < -0.3 is 8.98 Å². The topological polar surface area (TPSA) is 59.5 Å². The predicted molar refractivity (Wildman–Crippen MR) is 98.5 cm³/mol. The SMILES string of the molecule is Cc1cc(C(=O)N/N=C/c2cc(C)n(-c3ccccc3)c2C)c(C)o1. The summed E-state index contributed by atoms with van der Waals surface area (Å²) >= 11 is 0. The van der Waals surface area contributed by atoms with E-state index in [2.05, 4.69) is 27.2 Å². The third-order valence-corrected chi connectivity index (χ3v) is 4.14. The number of carbonyl (C=O) groups is 1. The molecule has 1 amide bonds. The summed E-state index contributed by atoms with van der Waals surface area (Å²) in [5.41, 5.74) is 7.30. The number of para-hydroxylation sites is 1. The number of aromatic nitrogens is 1. The van der Waals surface area contributed by atoms with Gasteiger partial charge in [0, 0.05) is 22.6 Å². The average Bonchev–Trinajstić information content (AvgIpc) is 3.06. The minimum Gasteiger partial charge on any atom is -0.466 e. The van der Waals surface area contributed by atoms with Gasteiger partial charge in [-0.2, -0.15) is 5.10 Å². The second kappa shape index (κ2) is 6.81. The van der Waals surface area contributed by atoms with Gasteiger partial charge in [-0.05, 0) is 52.0 Å². The van der Waals surface area contributed by atoms with Gasteiger partial charge in [0.05, 0.1) is 11.8 Å². The first-order chi connectivity index (χ1) is 12.0. The molecule has 2 heterocycles. The van der Waals surface area contributed by atoms with Crippen molar-refractivity contribution in [2.24, 2.45) is 5.10 Å². The Labute approximate surface area is 147 Å². The van der Waals surface area contributed by atoms with Gasteiger partial charge in [0.2, 0.25) is 0 Å². The zero-order valence-corrected chi connectivity index (χ0v) is 14.8. The highest BCUT2D eigenvalue weighted by Crippen LogP contribution is 2.19. The van der Waals surface area contributed by atoms with Crippen molar-refractivity contribution in [1.29, 1.82) is 0 Å². The van der Waals surface area contributed by atoms with Gasteiger partial charge in [0.1, 0.15) is 11.5 Å². The maximum Gasteiger partial charge on any atom is 0.274 e. The third-order valence-electron chi connectivity index (χ3n) is 4.14. The maximum atomic E-state index is 12.2. The van der Waals surface area contributed by atoms with Crippen LogP contribution in [-0.2, 0) is 0 Å². The van der Waals surface area contributed by atoms with Crippen LogP contribution in [0.3, 0.4) is 0 Å². The molecule has 3 aromatic rings. The molecule has 1 aromatic carbocycles. The number of rotatable bonds is 4. The van der Waals surface area contributed by atoms with Crippen molar-refractivity contribution in [3.05, 3.63) is 76.5 Å². The number of hydrazone groups is 1. The van der Waals surface area contributed by atoms with Crippen LogP contribution in [0.4, 0.5) is 0 Å². The van der Waals surface area contributed by atoms with Gasteiger partial charge in [0.25, 0.3) is 5.91 Å². The molecular formula is C20H21N3O2. The predicted octanol–water partition coefficient (Wildman–Crippen LogP) is 4.07. The van der Waals surface area contributed by atoms with E-state index < -0.39 is 0 Å². The van der Waals surface area contributed by atoms with Crippen LogP contribution < -0.4 is 5.43 Å². The smallest absolute Gasteiger partial charge is 0.274 e. The molecule has 0 radical (unpaired) electrons. The van der Waals surface area contributed by atoms with Crippen molar-refractivity contribution in [2.45, 2.75) is 27.7 Å². The minimum absolute atomic E-state index is 0.275. The second-order valence-corrected chi connectivity index (χ2v) is 6.02. The molecule has 25 heavy (non-hydrogen) atoms. The van der Waals surface area contributed by atoms with E-state index in [4.69, 9.17) is 4.42 Å². The lowest BCUT2D eigenvalue weighted by Crippen LogP contribution is -2.17. The quantitative estimate of drug-likeness (QED) is 0.577. The average molecular weight is 335 g/mol. The fourth-order valence-electron chi connectivity index (χ4n) is 2.97. The number of amides is 1. The van der Waals surface area contributed by atoms with Gasteiger partial charge >= 0.3 is 0 Å². The summed E-state index contributed by atoms with van der Waals surface area (Å²) < 4.78 is 7.53. The first-order valence-corrected chi connectivity index (χ1v) is 8.12. The molecule has 0 aliphatic rings. The molecule has 3 rings (SSSR count). The molecule has 0 saturated carbocycles. The molecule has 0 fully saturated rings. The van der Waals surface area contributed by atoms with Crippen LogP contribution in [0.1, 0.15) is 38.8 Å². The van der Waals surface area contributed by atoms with Crippen molar-refractivity contribution in [1.82, 2.24) is 9.99 Å². The largest absolute Gasteiger partial charge is 0.466 e. The number of nitrogens with one attached hydrogen (secondary N) is 1. The number of benzene rings is 1. The Bertz CT molecular complexity index is 934. The molecule has 0 saturated heterocycles. The van der Waals surface area contributed by atoms with E-state index in [1.165, 1.54) is 0 Å². The van der Waals surface area contributed by atoms with Crippen molar-refractivity contribution in [2.75, 3.05) is 0 Å². The molecule has 0 aliphatic heterocycles. The second-order valence-electron chi connectivity index (χ2n) is 6.02. The number of nitrogens with zero attached hydrogens (tertiary/aromatic N) is 2. The fraction of sp³-hybridized carbons (Fsp3) is 0.200. The van der Waals surface area contributed by atoms with E-state index in [1.54, 1.807) is 19.2 Å². The van der Waals surface area contributed by atoms with Crippen molar-refractivity contribution < 1.29 is 9.21 Å². The summed E-state index contributed by atoms with van der Waals surface area (Å²) in [6.07, 6.45) is 1.67. The first kappa shape index (κ1) is 16.8. The molecular weight excluding hydrogens is 314 g/mol. The zero-order chi connectivity index (χ0) is 18.0. The van der Waals surface area contributed by atoms with Gasteiger partial charge in [-0.3, -0.25) is 4.79 Å². The minimum atomic E-state index is -0.275. The number of aryl methyl sites for hydroxylation is 3. The van der Waals surface area contributed by atoms with Crippen molar-refractivity contribution >= 4 is 12.1 Å². The summed E-state index contributed by atoms with van der Waals surface area (Å²) in [6.45, 7) is 7.66. The first-order valence-electron chi connectivity index (χ1n) is 8.12. The number of hydrogen-bond acceptors (Lipinski definition) is 3. The standard InChI is InChI=1S/C20H21N3O2/c1-13-10-17(15(3)23(13)18-8-6-5-7-9-18)12-21-22-20(24)19-11-14(2)25-16(19)4/h5-12H,1-4H3,(H,22,24)/b21-12+. The molecule has 0 aliphatic carbocycles. The number of hydrogen-bond donors (Lipinski definition) is 1. The van der Waals surface area contributed by atoms with Crippen molar-refractivity contribution in [3.8, 4) is 5.69 Å². The summed E-state index contributed by atoms with van der Waals surface area (Å²) in [6, 6.07) is 13.9. The van der Waals surface area contributed by atoms with Crippen LogP contribution in [0.15, 0.2) is 52.0 Å². The molecule has 1 N–H and O–H groups in total. The van der Waals surface area contributed by atoms with Crippen LogP contribution in [0.25, 0.3) is 5.69 Å². The Morgan fingerprint density at radius 2 is 1.84 bits per heavy atom. The monoisotopic (exact) mass is 335 g/mol. The molecule has 0 bridgehead atoms. The van der Waals surface area contributed by atoms with Gasteiger partial charge in [-0.15, -0.1) is 0 Å². The molecule has 0 unspecified atom stereocenters. The summed E-state index contributed by atoms with van der Waals surface area (Å²) in [5.74, 6) is 1.02. The van der Waals surface area contributed by atoms with Gasteiger partial charge in [-0.1, -0.05) is 18.2 Å². The molecule has 0 atom stereocenters. The summed E-state index contributed by atoms with van der Waals surface area (Å²) in [7, 11) is 0. The van der Waals surface area contributed by atoms with Gasteiger partial charge in [0.15, 0.2) is 0 Å². The van der Waals surface area contributed by atoms with Crippen LogP contribution in [-0.4, -0.2) is 16.7 Å². The lowest BCUT2D eigenvalue weighted by atomic mass is 10.2. The summed E-state index contributed by atoms with van der Waals surface area (Å²) in [4.78, 5) is 12.2. The van der Waals surface area contributed by atoms with Crippen molar-refractivity contribution in [3.63, 3.8) is 0 Å².